The first kappa shape index (κ1) is 38.1. The molecule has 41 heavy (non-hydrogen) atoms. The number of aromatic nitrogens is 3. The summed E-state index contributed by atoms with van der Waals surface area (Å²) >= 11 is 0. The number of nitrogens with zero attached hydrogens (tertiary/aromatic N) is 5. The SMILES string of the molecule is CC#N.Cn1c(CN(Cc2ccccn2)Cc2ccccc2O)nc2ccccc21.[Cu+2].[O-][Cl+3]([O-])([O-])[O-].[O-][Cl+3]([O-])([O-])[O-]. The van der Waals surface area contributed by atoms with Crippen molar-refractivity contribution in [2.75, 3.05) is 0 Å². The second-order valence-corrected chi connectivity index (χ2v) is 9.16. The third kappa shape index (κ3) is 17.5. The summed E-state index contributed by atoms with van der Waals surface area (Å²) in [5.74, 6) is 1.30. The monoisotopic (exact) mass is 660 g/mol. The summed E-state index contributed by atoms with van der Waals surface area (Å²) in [6, 6.07) is 23.3. The molecule has 4 aromatic rings. The largest absolute Gasteiger partial charge is 2.00 e. The Hall–Kier alpha value is -2.91. The van der Waals surface area contributed by atoms with Crippen LogP contribution in [-0.2, 0) is 43.8 Å². The van der Waals surface area contributed by atoms with Gasteiger partial charge in [-0.1, -0.05) is 36.4 Å². The van der Waals surface area contributed by atoms with E-state index in [9.17, 15) is 5.11 Å². The van der Waals surface area contributed by atoms with Crippen LogP contribution in [0.25, 0.3) is 11.0 Å². The van der Waals surface area contributed by atoms with Crippen LogP contribution in [-0.4, -0.2) is 24.5 Å². The molecule has 14 nitrogen and oxygen atoms in total. The quantitative estimate of drug-likeness (QED) is 0.190. The van der Waals surface area contributed by atoms with Gasteiger partial charge in [0.05, 0.1) is 29.3 Å². The van der Waals surface area contributed by atoms with Crippen LogP contribution in [0.2, 0.25) is 0 Å². The summed E-state index contributed by atoms with van der Waals surface area (Å²) in [7, 11) is -7.84. The number of phenolic OH excluding ortho intramolecular Hbond substituents is 1. The molecule has 0 atom stereocenters. The van der Waals surface area contributed by atoms with Gasteiger partial charge in [-0.25, -0.2) is 42.3 Å². The van der Waals surface area contributed by atoms with Crippen LogP contribution >= 0.6 is 0 Å². The predicted octanol–water partition coefficient (Wildman–Crippen LogP) is -5.11. The molecule has 0 saturated carbocycles. The van der Waals surface area contributed by atoms with Crippen LogP contribution in [0.3, 0.4) is 0 Å². The Morgan fingerprint density at radius 1 is 0.829 bits per heavy atom. The normalized spacial score (nSPS) is 10.6. The number of aromatic hydroxyl groups is 1. The fourth-order valence-electron chi connectivity index (χ4n) is 3.31. The second-order valence-electron chi connectivity index (χ2n) is 7.65. The van der Waals surface area contributed by atoms with Gasteiger partial charge < -0.3 is 9.67 Å². The molecule has 4 rings (SSSR count). The van der Waals surface area contributed by atoms with Gasteiger partial charge >= 0.3 is 17.1 Å². The number of imidazole rings is 1. The maximum Gasteiger partial charge on any atom is 2.00 e. The minimum atomic E-state index is -4.94. The average Bonchev–Trinajstić information content (AvgIpc) is 3.15. The van der Waals surface area contributed by atoms with Crippen molar-refractivity contribution in [2.24, 2.45) is 7.05 Å². The molecule has 17 heteroatoms. The first-order chi connectivity index (χ1) is 18.6. The van der Waals surface area contributed by atoms with E-state index in [0.717, 1.165) is 28.1 Å². The van der Waals surface area contributed by atoms with Crippen molar-refractivity contribution in [3.8, 4) is 11.8 Å². The molecule has 1 radical (unpaired) electrons. The number of para-hydroxylation sites is 3. The number of nitriles is 1. The average molecular weight is 662 g/mol. The first-order valence-corrected chi connectivity index (χ1v) is 13.4. The smallest absolute Gasteiger partial charge is 0.508 e. The zero-order valence-electron chi connectivity index (χ0n) is 21.6. The van der Waals surface area contributed by atoms with E-state index in [-0.39, 0.29) is 17.1 Å². The second kappa shape index (κ2) is 18.5. The molecule has 225 valence electrons. The molecular weight excluding hydrogens is 637 g/mol. The summed E-state index contributed by atoms with van der Waals surface area (Å²) in [6.07, 6.45) is 1.81. The van der Waals surface area contributed by atoms with E-state index >= 15 is 0 Å². The van der Waals surface area contributed by atoms with Crippen molar-refractivity contribution in [1.29, 1.82) is 5.26 Å². The Kier molecular flexibility index (Phi) is 17.2. The van der Waals surface area contributed by atoms with Crippen molar-refractivity contribution in [3.63, 3.8) is 0 Å². The van der Waals surface area contributed by atoms with E-state index in [1.807, 2.05) is 67.8 Å². The molecule has 0 bridgehead atoms. The van der Waals surface area contributed by atoms with Gasteiger partial charge in [-0.3, -0.25) is 9.88 Å². The van der Waals surface area contributed by atoms with Crippen molar-refractivity contribution >= 4 is 11.0 Å². The van der Waals surface area contributed by atoms with Gasteiger partial charge in [-0.15, -0.1) is 20.5 Å². The molecule has 2 heterocycles. The van der Waals surface area contributed by atoms with Crippen LogP contribution in [0.1, 0.15) is 24.0 Å². The van der Waals surface area contributed by atoms with Crippen molar-refractivity contribution in [2.45, 2.75) is 26.6 Å². The number of rotatable bonds is 6. The zero-order valence-corrected chi connectivity index (χ0v) is 24.0. The molecule has 0 aliphatic rings. The summed E-state index contributed by atoms with van der Waals surface area (Å²) in [5.41, 5.74) is 4.00. The summed E-state index contributed by atoms with van der Waals surface area (Å²) in [5, 5.41) is 17.5. The molecule has 1 N–H and O–H groups in total. The number of benzene rings is 2. The van der Waals surface area contributed by atoms with Crippen LogP contribution in [0.4, 0.5) is 0 Å². The number of aryl methyl sites for hydroxylation is 1. The Labute approximate surface area is 250 Å². The van der Waals surface area contributed by atoms with Crippen LogP contribution < -0.4 is 37.3 Å². The predicted molar refractivity (Wildman–Crippen MR) is 117 cm³/mol. The molecule has 0 saturated heterocycles. The van der Waals surface area contributed by atoms with Crippen molar-refractivity contribution < 1.29 is 79.9 Å². The maximum absolute atomic E-state index is 10.2. The molecular formula is C24H25Cl2CuN5O9. The van der Waals surface area contributed by atoms with Gasteiger partial charge in [0.2, 0.25) is 0 Å². The van der Waals surface area contributed by atoms with Gasteiger partial charge in [0.15, 0.2) is 0 Å². The molecule has 0 fully saturated rings. The summed E-state index contributed by atoms with van der Waals surface area (Å²) < 4.78 is 70.1. The number of halogens is 2. The fourth-order valence-corrected chi connectivity index (χ4v) is 3.31. The number of hydrogen-bond donors (Lipinski definition) is 1. The maximum atomic E-state index is 10.2. The molecule has 0 spiro atoms. The fraction of sp³-hybridized carbons (Fsp3) is 0.208. The summed E-state index contributed by atoms with van der Waals surface area (Å²) in [4.78, 5) is 11.5. The summed E-state index contributed by atoms with van der Waals surface area (Å²) in [6.45, 7) is 3.39. The Balaban J connectivity index is 0.000000967. The van der Waals surface area contributed by atoms with Gasteiger partial charge in [0, 0.05) is 38.8 Å². The minimum absolute atomic E-state index is 0. The third-order valence-electron chi connectivity index (χ3n) is 4.74. The molecule has 0 aliphatic carbocycles. The molecule has 0 amide bonds. The number of pyridine rings is 1. The van der Waals surface area contributed by atoms with E-state index in [0.29, 0.717) is 25.4 Å². The molecule has 0 unspecified atom stereocenters. The van der Waals surface area contributed by atoms with Crippen molar-refractivity contribution in [1.82, 2.24) is 19.4 Å². The zero-order chi connectivity index (χ0) is 30.3. The standard InChI is InChI=1S/C22H22N4O.C2H3N.2ClHO4.Cu/c1-25-20-11-4-3-10-19(20)24-22(25)16-26(15-18-9-6-7-13-23-18)14-17-8-2-5-12-21(17)27;1-2-3;2*2-1(3,4)5;/h2-13,27H,14-16H2,1H3;1H3;2*(H,2,3,4,5);/q;;;;+2/p-2. The third-order valence-corrected chi connectivity index (χ3v) is 4.74. The molecule has 2 aromatic carbocycles. The topological polar surface area (TPSA) is 262 Å². The van der Waals surface area contributed by atoms with Gasteiger partial charge in [-0.2, -0.15) is 5.26 Å². The van der Waals surface area contributed by atoms with Gasteiger partial charge in [0.1, 0.15) is 11.6 Å². The van der Waals surface area contributed by atoms with Crippen LogP contribution in [0, 0.1) is 31.8 Å². The van der Waals surface area contributed by atoms with Gasteiger partial charge in [-0.05, 0) is 30.3 Å². The van der Waals surface area contributed by atoms with Crippen LogP contribution in [0.5, 0.6) is 5.75 Å². The molecule has 2 aromatic heterocycles. The number of hydrogen-bond acceptors (Lipinski definition) is 13. The Morgan fingerprint density at radius 2 is 1.34 bits per heavy atom. The Morgan fingerprint density at radius 3 is 1.85 bits per heavy atom. The van der Waals surface area contributed by atoms with Crippen LogP contribution in [0.15, 0.2) is 72.9 Å². The Bertz CT molecular complexity index is 1320. The van der Waals surface area contributed by atoms with E-state index < -0.39 is 20.5 Å². The first-order valence-electron chi connectivity index (χ1n) is 11.0. The number of fused-ring (bicyclic) bond motifs is 1. The van der Waals surface area contributed by atoms with Crippen molar-refractivity contribution in [3.05, 3.63) is 90.0 Å². The number of phenols is 1. The van der Waals surface area contributed by atoms with E-state index in [1.165, 1.54) is 6.92 Å². The van der Waals surface area contributed by atoms with E-state index in [1.54, 1.807) is 12.1 Å². The molecule has 0 aliphatic heterocycles. The van der Waals surface area contributed by atoms with Gasteiger partial charge in [0.25, 0.3) is 0 Å². The minimum Gasteiger partial charge on any atom is -0.508 e. The van der Waals surface area contributed by atoms with E-state index in [4.69, 9.17) is 47.5 Å². The van der Waals surface area contributed by atoms with E-state index in [2.05, 4.69) is 20.5 Å².